The molecule has 12 nitrogen and oxygen atoms in total. The fourth-order valence-corrected chi connectivity index (χ4v) is 8.99. The summed E-state index contributed by atoms with van der Waals surface area (Å²) in [5, 5.41) is 18.4. The standard InChI is InChI=1S/C23H25N3O2S.C21H22N4O3S/c1-17-21(18(2)28-24-17)16-29-22-11-7-6-10-20(22)23(27)26-14-12-25(13-15-26)19-8-4-3-5-9-19;1-15-12-16(23-28-15)14-29-20-19(6-3-7-22-20)21(27)25-10-8-24(9-11-25)17-4-2-5-18(26)13-17/h3-11H,12-16H2,1-2H3;2-7,12-13,26H,8-11,14H2,1H3. The number of pyridine rings is 1. The Morgan fingerprint density at radius 3 is 1.95 bits per heavy atom. The van der Waals surface area contributed by atoms with Crippen LogP contribution in [0.4, 0.5) is 11.4 Å². The van der Waals surface area contributed by atoms with Crippen LogP contribution in [-0.4, -0.2) is 94.4 Å². The maximum Gasteiger partial charge on any atom is 0.256 e. The summed E-state index contributed by atoms with van der Waals surface area (Å²) in [7, 11) is 0. The predicted octanol–water partition coefficient (Wildman–Crippen LogP) is 7.88. The fourth-order valence-electron chi connectivity index (χ4n) is 6.93. The Bertz CT molecular complexity index is 2280. The number of thioether (sulfide) groups is 2. The average Bonchev–Trinajstić information content (AvgIpc) is 3.84. The number of rotatable bonds is 10. The molecule has 0 atom stereocenters. The van der Waals surface area contributed by atoms with Crippen LogP contribution in [0.1, 0.15) is 49.2 Å². The molecule has 2 fully saturated rings. The van der Waals surface area contributed by atoms with E-state index >= 15 is 0 Å². The van der Waals surface area contributed by atoms with E-state index in [0.717, 1.165) is 89.6 Å². The summed E-state index contributed by atoms with van der Waals surface area (Å²) in [5.74, 6) is 3.30. The number of anilines is 2. The lowest BCUT2D eigenvalue weighted by molar-refractivity contribution is 0.0735. The first kappa shape index (κ1) is 40.5. The van der Waals surface area contributed by atoms with Crippen molar-refractivity contribution < 1.29 is 23.7 Å². The lowest BCUT2D eigenvalue weighted by Gasteiger charge is -2.36. The number of carbonyl (C=O) groups is 2. The third kappa shape index (κ3) is 10.0. The van der Waals surface area contributed by atoms with Crippen LogP contribution < -0.4 is 9.80 Å². The van der Waals surface area contributed by atoms with Crippen LogP contribution in [0.15, 0.2) is 122 Å². The van der Waals surface area contributed by atoms with Gasteiger partial charge in [0.15, 0.2) is 0 Å². The molecule has 0 aliphatic carbocycles. The maximum atomic E-state index is 13.2. The minimum absolute atomic E-state index is 0.00695. The van der Waals surface area contributed by atoms with Gasteiger partial charge in [0.25, 0.3) is 11.8 Å². The van der Waals surface area contributed by atoms with Gasteiger partial charge in [-0.2, -0.15) is 0 Å². The van der Waals surface area contributed by atoms with Crippen molar-refractivity contribution in [1.29, 1.82) is 0 Å². The normalized spacial score (nSPS) is 14.3. The van der Waals surface area contributed by atoms with Gasteiger partial charge in [-0.15, -0.1) is 11.8 Å². The van der Waals surface area contributed by atoms with Crippen molar-refractivity contribution in [2.24, 2.45) is 0 Å². The van der Waals surface area contributed by atoms with Crippen LogP contribution in [0.5, 0.6) is 5.75 Å². The van der Waals surface area contributed by atoms with Crippen molar-refractivity contribution in [1.82, 2.24) is 25.1 Å². The number of phenols is 1. The molecule has 300 valence electrons. The summed E-state index contributed by atoms with van der Waals surface area (Å²) < 4.78 is 10.4. The molecule has 58 heavy (non-hydrogen) atoms. The molecule has 0 radical (unpaired) electrons. The number of piperazine rings is 2. The summed E-state index contributed by atoms with van der Waals surface area (Å²) >= 11 is 3.15. The van der Waals surface area contributed by atoms with Gasteiger partial charge >= 0.3 is 0 Å². The number of hydrogen-bond donors (Lipinski definition) is 1. The second kappa shape index (κ2) is 19.1. The highest BCUT2D eigenvalue weighted by atomic mass is 32.2. The average molecular weight is 818 g/mol. The van der Waals surface area contributed by atoms with Crippen molar-refractivity contribution in [3.8, 4) is 5.75 Å². The van der Waals surface area contributed by atoms with Gasteiger partial charge in [0.2, 0.25) is 0 Å². The fraction of sp³-hybridized carbons (Fsp3) is 0.295. The van der Waals surface area contributed by atoms with Crippen molar-refractivity contribution in [2.75, 3.05) is 62.2 Å². The molecule has 2 aliphatic heterocycles. The van der Waals surface area contributed by atoms with Gasteiger partial charge in [-0.3, -0.25) is 9.59 Å². The molecule has 14 heteroatoms. The van der Waals surface area contributed by atoms with Crippen molar-refractivity contribution >= 4 is 46.7 Å². The van der Waals surface area contributed by atoms with E-state index in [9.17, 15) is 14.7 Å². The van der Waals surface area contributed by atoms with Crippen LogP contribution in [0.25, 0.3) is 0 Å². The van der Waals surface area contributed by atoms with Crippen LogP contribution in [-0.2, 0) is 11.5 Å². The molecule has 0 bridgehead atoms. The molecule has 2 amide bonds. The molecule has 6 aromatic rings. The number of nitrogens with zero attached hydrogens (tertiary/aromatic N) is 7. The number of aromatic hydroxyl groups is 1. The second-order valence-electron chi connectivity index (χ2n) is 14.1. The molecule has 8 rings (SSSR count). The van der Waals surface area contributed by atoms with E-state index in [1.165, 1.54) is 17.4 Å². The van der Waals surface area contributed by atoms with Crippen molar-refractivity contribution in [3.05, 3.63) is 143 Å². The van der Waals surface area contributed by atoms with E-state index in [4.69, 9.17) is 9.05 Å². The smallest absolute Gasteiger partial charge is 0.256 e. The van der Waals surface area contributed by atoms with Gasteiger partial charge in [-0.1, -0.05) is 58.5 Å². The van der Waals surface area contributed by atoms with E-state index in [1.54, 1.807) is 36.2 Å². The Hall–Kier alpha value is -5.73. The first-order valence-electron chi connectivity index (χ1n) is 19.3. The highest BCUT2D eigenvalue weighted by molar-refractivity contribution is 7.98. The quantitative estimate of drug-likeness (QED) is 0.135. The maximum absolute atomic E-state index is 13.2. The lowest BCUT2D eigenvalue weighted by Crippen LogP contribution is -2.48. The Morgan fingerprint density at radius 1 is 0.655 bits per heavy atom. The Balaban J connectivity index is 0.000000177. The Kier molecular flexibility index (Phi) is 13.4. The molecule has 2 saturated heterocycles. The van der Waals surface area contributed by atoms with E-state index in [1.807, 2.05) is 85.2 Å². The molecule has 0 spiro atoms. The number of para-hydroxylation sites is 1. The lowest BCUT2D eigenvalue weighted by atomic mass is 10.1. The Labute approximate surface area is 347 Å². The number of amides is 2. The highest BCUT2D eigenvalue weighted by Gasteiger charge is 2.26. The first-order chi connectivity index (χ1) is 28.2. The van der Waals surface area contributed by atoms with Gasteiger partial charge in [0.1, 0.15) is 22.3 Å². The summed E-state index contributed by atoms with van der Waals surface area (Å²) in [4.78, 5) is 40.1. The van der Waals surface area contributed by atoms with Gasteiger partial charge in [-0.05, 0) is 69.3 Å². The highest BCUT2D eigenvalue weighted by Crippen LogP contribution is 2.31. The first-order valence-corrected chi connectivity index (χ1v) is 21.3. The number of benzene rings is 3. The number of aryl methyl sites for hydroxylation is 3. The number of hydrogen-bond acceptors (Lipinski definition) is 12. The third-order valence-corrected chi connectivity index (χ3v) is 12.3. The van der Waals surface area contributed by atoms with Gasteiger partial charge < -0.3 is 33.8 Å². The van der Waals surface area contributed by atoms with Crippen LogP contribution >= 0.6 is 23.5 Å². The zero-order valence-corrected chi connectivity index (χ0v) is 34.5. The summed E-state index contributed by atoms with van der Waals surface area (Å²) in [5.41, 5.74) is 6.43. The van der Waals surface area contributed by atoms with E-state index in [0.29, 0.717) is 29.4 Å². The summed E-state index contributed by atoms with van der Waals surface area (Å²) in [6.45, 7) is 11.6. The largest absolute Gasteiger partial charge is 0.508 e. The van der Waals surface area contributed by atoms with E-state index in [-0.39, 0.29) is 17.6 Å². The molecular weight excluding hydrogens is 771 g/mol. The second-order valence-corrected chi connectivity index (χ2v) is 16.1. The zero-order valence-electron chi connectivity index (χ0n) is 32.9. The minimum Gasteiger partial charge on any atom is -0.508 e. The summed E-state index contributed by atoms with van der Waals surface area (Å²) in [6.07, 6.45) is 1.70. The molecule has 0 unspecified atom stereocenters. The molecule has 0 saturated carbocycles. The van der Waals surface area contributed by atoms with E-state index < -0.39 is 0 Å². The molecule has 5 heterocycles. The van der Waals surface area contributed by atoms with Crippen molar-refractivity contribution in [2.45, 2.75) is 42.2 Å². The minimum atomic E-state index is -0.00695. The predicted molar refractivity (Wildman–Crippen MR) is 228 cm³/mol. The van der Waals surface area contributed by atoms with Crippen LogP contribution in [0, 0.1) is 20.8 Å². The molecule has 2 aliphatic rings. The SMILES string of the molecule is Cc1cc(CSc2ncccc2C(=O)N2CCN(c3cccc(O)c3)CC2)no1.Cc1noc(C)c1CSc1ccccc1C(=O)N1CCN(c2ccccc2)CC1. The third-order valence-electron chi connectivity index (χ3n) is 10.2. The Morgan fingerprint density at radius 2 is 1.29 bits per heavy atom. The number of aromatic nitrogens is 3. The van der Waals surface area contributed by atoms with Crippen LogP contribution in [0.2, 0.25) is 0 Å². The van der Waals surface area contributed by atoms with E-state index in [2.05, 4.69) is 49.4 Å². The monoisotopic (exact) mass is 817 g/mol. The number of phenolic OH excluding ortho intramolecular Hbond substituents is 1. The molecule has 1 N–H and O–H groups in total. The van der Waals surface area contributed by atoms with Gasteiger partial charge in [-0.25, -0.2) is 4.98 Å². The summed E-state index contributed by atoms with van der Waals surface area (Å²) in [6, 6.07) is 31.0. The zero-order chi connectivity index (χ0) is 40.4. The van der Waals surface area contributed by atoms with Gasteiger partial charge in [0, 0.05) is 104 Å². The molecule has 3 aromatic heterocycles. The molecular formula is C44H47N7O5S2. The molecule has 3 aromatic carbocycles. The number of carbonyl (C=O) groups excluding carboxylic acids is 2. The van der Waals surface area contributed by atoms with Gasteiger partial charge in [0.05, 0.1) is 22.5 Å². The topological polar surface area (TPSA) is 132 Å². The van der Waals surface area contributed by atoms with Crippen LogP contribution in [0.3, 0.4) is 0 Å². The van der Waals surface area contributed by atoms with Crippen molar-refractivity contribution in [3.63, 3.8) is 0 Å².